The third kappa shape index (κ3) is 4.13. The monoisotopic (exact) mass is 399 g/mol. The maximum Gasteiger partial charge on any atom is 0.192 e. The number of aromatic nitrogens is 3. The Morgan fingerprint density at radius 1 is 0.966 bits per heavy atom. The van der Waals surface area contributed by atoms with Gasteiger partial charge in [0.25, 0.3) is 0 Å². The predicted octanol–water partition coefficient (Wildman–Crippen LogP) is 6.70. The van der Waals surface area contributed by atoms with Crippen molar-refractivity contribution in [3.63, 3.8) is 0 Å². The second-order valence-electron chi connectivity index (χ2n) is 7.41. The summed E-state index contributed by atoms with van der Waals surface area (Å²) >= 11 is 1.72. The lowest BCUT2D eigenvalue weighted by molar-refractivity contribution is 0.731. The smallest absolute Gasteiger partial charge is 0.192 e. The summed E-state index contributed by atoms with van der Waals surface area (Å²) in [6, 6.07) is 23.6. The Kier molecular flexibility index (Phi) is 5.81. The predicted molar refractivity (Wildman–Crippen MR) is 123 cm³/mol. The molecular weight excluding hydrogens is 374 g/mol. The first-order valence-corrected chi connectivity index (χ1v) is 10.9. The van der Waals surface area contributed by atoms with Crippen molar-refractivity contribution >= 4 is 22.5 Å². The Hall–Kier alpha value is -2.85. The van der Waals surface area contributed by atoms with E-state index in [-0.39, 0.29) is 0 Å². The van der Waals surface area contributed by atoms with Gasteiger partial charge in [-0.25, -0.2) is 0 Å². The van der Waals surface area contributed by atoms with Crippen LogP contribution in [0.2, 0.25) is 0 Å². The van der Waals surface area contributed by atoms with E-state index in [1.807, 2.05) is 6.08 Å². The van der Waals surface area contributed by atoms with Crippen LogP contribution in [-0.4, -0.2) is 14.8 Å². The van der Waals surface area contributed by atoms with E-state index >= 15 is 0 Å². The number of hydrogen-bond donors (Lipinski definition) is 0. The minimum Gasteiger partial charge on any atom is -0.298 e. The van der Waals surface area contributed by atoms with E-state index in [1.165, 1.54) is 21.9 Å². The minimum absolute atomic E-state index is 0.516. The van der Waals surface area contributed by atoms with Gasteiger partial charge in [0.2, 0.25) is 0 Å². The summed E-state index contributed by atoms with van der Waals surface area (Å²) in [5.41, 5.74) is 3.72. The molecule has 1 aromatic heterocycles. The maximum atomic E-state index is 4.50. The fourth-order valence-electron chi connectivity index (χ4n) is 3.48. The summed E-state index contributed by atoms with van der Waals surface area (Å²) in [7, 11) is 0. The summed E-state index contributed by atoms with van der Waals surface area (Å²) in [4.78, 5) is 0. The molecule has 0 fully saturated rings. The molecule has 3 aromatic carbocycles. The van der Waals surface area contributed by atoms with Gasteiger partial charge >= 0.3 is 0 Å². The van der Waals surface area contributed by atoms with E-state index in [1.54, 1.807) is 11.8 Å². The lowest BCUT2D eigenvalue weighted by Gasteiger charge is -2.10. The van der Waals surface area contributed by atoms with Crippen LogP contribution in [0.4, 0.5) is 0 Å². The lowest BCUT2D eigenvalue weighted by Crippen LogP contribution is -2.01. The zero-order valence-corrected chi connectivity index (χ0v) is 17.7. The lowest BCUT2D eigenvalue weighted by atomic mass is 10.0. The Labute approximate surface area is 176 Å². The summed E-state index contributed by atoms with van der Waals surface area (Å²) in [5.74, 6) is 2.26. The minimum atomic E-state index is 0.516. The average Bonchev–Trinajstić information content (AvgIpc) is 3.15. The number of benzene rings is 3. The largest absolute Gasteiger partial charge is 0.298 e. The standard InChI is InChI=1S/C25H25N3S/c1-4-16-28-24(21-14-12-19(13-15-21)18(2)3)26-27-25(28)29-17-22-10-7-9-20-8-5-6-11-23(20)22/h4-15,18H,1,16-17H2,2-3H3. The van der Waals surface area contributed by atoms with E-state index < -0.39 is 0 Å². The van der Waals surface area contributed by atoms with Crippen molar-refractivity contribution in [3.05, 3.63) is 90.5 Å². The Morgan fingerprint density at radius 3 is 2.48 bits per heavy atom. The van der Waals surface area contributed by atoms with Crippen molar-refractivity contribution in [2.75, 3.05) is 0 Å². The molecule has 146 valence electrons. The number of fused-ring (bicyclic) bond motifs is 1. The van der Waals surface area contributed by atoms with E-state index in [4.69, 9.17) is 0 Å². The number of hydrogen-bond acceptors (Lipinski definition) is 3. The molecule has 4 aromatic rings. The van der Waals surface area contributed by atoms with Gasteiger partial charge in [0.15, 0.2) is 11.0 Å². The van der Waals surface area contributed by atoms with Crippen molar-refractivity contribution in [3.8, 4) is 11.4 Å². The van der Waals surface area contributed by atoms with Crippen LogP contribution in [0, 0.1) is 0 Å². The van der Waals surface area contributed by atoms with Gasteiger partial charge in [-0.1, -0.05) is 98.4 Å². The molecule has 0 bridgehead atoms. The first-order chi connectivity index (χ1) is 14.2. The Bertz CT molecular complexity index is 1120. The van der Waals surface area contributed by atoms with Crippen molar-refractivity contribution in [2.45, 2.75) is 37.2 Å². The molecule has 0 unspecified atom stereocenters. The molecule has 0 atom stereocenters. The highest BCUT2D eigenvalue weighted by Gasteiger charge is 2.14. The molecule has 3 nitrogen and oxygen atoms in total. The van der Waals surface area contributed by atoms with Gasteiger partial charge in [-0.05, 0) is 27.8 Å². The van der Waals surface area contributed by atoms with Gasteiger partial charge in [-0.15, -0.1) is 16.8 Å². The molecular formula is C25H25N3S. The van der Waals surface area contributed by atoms with Crippen LogP contribution in [0.5, 0.6) is 0 Å². The van der Waals surface area contributed by atoms with Crippen molar-refractivity contribution in [2.24, 2.45) is 0 Å². The summed E-state index contributed by atoms with van der Waals surface area (Å²) in [5, 5.41) is 12.5. The van der Waals surface area contributed by atoms with Crippen LogP contribution in [0.15, 0.2) is 84.5 Å². The molecule has 0 radical (unpaired) electrons. The zero-order valence-electron chi connectivity index (χ0n) is 16.9. The van der Waals surface area contributed by atoms with E-state index in [0.29, 0.717) is 12.5 Å². The molecule has 0 amide bonds. The second kappa shape index (κ2) is 8.66. The molecule has 0 saturated heterocycles. The topological polar surface area (TPSA) is 30.7 Å². The van der Waals surface area contributed by atoms with E-state index in [2.05, 4.69) is 102 Å². The SMILES string of the molecule is C=CCn1c(SCc2cccc3ccccc23)nnc1-c1ccc(C(C)C)cc1. The molecule has 29 heavy (non-hydrogen) atoms. The van der Waals surface area contributed by atoms with Gasteiger partial charge in [0.05, 0.1) is 0 Å². The third-order valence-corrected chi connectivity index (χ3v) is 6.12. The number of allylic oxidation sites excluding steroid dienone is 1. The van der Waals surface area contributed by atoms with E-state index in [0.717, 1.165) is 22.3 Å². The fraction of sp³-hybridized carbons (Fsp3) is 0.200. The van der Waals surface area contributed by atoms with Gasteiger partial charge in [-0.3, -0.25) is 4.57 Å². The number of nitrogens with zero attached hydrogens (tertiary/aromatic N) is 3. The second-order valence-corrected chi connectivity index (χ2v) is 8.35. The zero-order chi connectivity index (χ0) is 20.2. The van der Waals surface area contributed by atoms with Crippen LogP contribution < -0.4 is 0 Å². The normalized spacial score (nSPS) is 11.3. The summed E-state index contributed by atoms with van der Waals surface area (Å²) < 4.78 is 2.15. The van der Waals surface area contributed by atoms with Crippen LogP contribution in [0.25, 0.3) is 22.2 Å². The Balaban J connectivity index is 1.62. The highest BCUT2D eigenvalue weighted by Crippen LogP contribution is 2.29. The quantitative estimate of drug-likeness (QED) is 0.256. The summed E-state index contributed by atoms with van der Waals surface area (Å²) in [6.45, 7) is 9.02. The van der Waals surface area contributed by atoms with Gasteiger partial charge in [0, 0.05) is 17.9 Å². The number of rotatable bonds is 7. The van der Waals surface area contributed by atoms with Crippen LogP contribution in [0.1, 0.15) is 30.9 Å². The fourth-order valence-corrected chi connectivity index (χ4v) is 4.43. The average molecular weight is 400 g/mol. The van der Waals surface area contributed by atoms with Crippen molar-refractivity contribution < 1.29 is 0 Å². The molecule has 0 spiro atoms. The first kappa shape index (κ1) is 19.5. The van der Waals surface area contributed by atoms with Crippen LogP contribution in [-0.2, 0) is 12.3 Å². The van der Waals surface area contributed by atoms with E-state index in [9.17, 15) is 0 Å². The molecule has 0 N–H and O–H groups in total. The third-order valence-electron chi connectivity index (χ3n) is 5.10. The van der Waals surface area contributed by atoms with Gasteiger partial charge < -0.3 is 0 Å². The molecule has 0 aliphatic heterocycles. The maximum absolute atomic E-state index is 4.50. The first-order valence-electron chi connectivity index (χ1n) is 9.91. The molecule has 0 aliphatic carbocycles. The van der Waals surface area contributed by atoms with Crippen LogP contribution >= 0.6 is 11.8 Å². The summed E-state index contributed by atoms with van der Waals surface area (Å²) in [6.07, 6.45) is 1.90. The van der Waals surface area contributed by atoms with Gasteiger partial charge in [-0.2, -0.15) is 0 Å². The van der Waals surface area contributed by atoms with Crippen molar-refractivity contribution in [1.82, 2.24) is 14.8 Å². The molecule has 0 aliphatic rings. The van der Waals surface area contributed by atoms with Gasteiger partial charge in [0.1, 0.15) is 0 Å². The molecule has 0 saturated carbocycles. The molecule has 1 heterocycles. The molecule has 4 heteroatoms. The highest BCUT2D eigenvalue weighted by molar-refractivity contribution is 7.98. The molecule has 4 rings (SSSR count). The number of thioether (sulfide) groups is 1. The Morgan fingerprint density at radius 2 is 1.72 bits per heavy atom. The van der Waals surface area contributed by atoms with Crippen molar-refractivity contribution in [1.29, 1.82) is 0 Å². The highest BCUT2D eigenvalue weighted by atomic mass is 32.2. The van der Waals surface area contributed by atoms with Crippen LogP contribution in [0.3, 0.4) is 0 Å².